The SMILES string of the molecule is CC(C)CC1c2ccc(N3CC[C@H](NS(=O)(=O)C=Cc4ccc(Cl)s4)C3=O)cc2CCCN1C(=O)O. The average molecular weight is 552 g/mol. The van der Waals surface area contributed by atoms with Crippen molar-refractivity contribution in [1.29, 1.82) is 0 Å². The molecular weight excluding hydrogens is 522 g/mol. The van der Waals surface area contributed by atoms with Crippen molar-refractivity contribution in [2.75, 3.05) is 18.0 Å². The minimum Gasteiger partial charge on any atom is -0.465 e. The van der Waals surface area contributed by atoms with Crippen molar-refractivity contribution in [3.63, 3.8) is 0 Å². The molecule has 1 fully saturated rings. The highest BCUT2D eigenvalue weighted by Crippen LogP contribution is 2.36. The lowest BCUT2D eigenvalue weighted by atomic mass is 9.92. The molecule has 0 saturated carbocycles. The summed E-state index contributed by atoms with van der Waals surface area (Å²) < 4.78 is 28.1. The predicted octanol–water partition coefficient (Wildman–Crippen LogP) is 5.11. The summed E-state index contributed by atoms with van der Waals surface area (Å²) in [5.41, 5.74) is 2.72. The topological polar surface area (TPSA) is 107 Å². The Kier molecular flexibility index (Phi) is 8.09. The zero-order valence-corrected chi connectivity index (χ0v) is 22.6. The van der Waals surface area contributed by atoms with E-state index in [1.807, 2.05) is 18.2 Å². The van der Waals surface area contributed by atoms with Gasteiger partial charge in [0, 0.05) is 29.1 Å². The third kappa shape index (κ3) is 6.11. The third-order valence-corrected chi connectivity index (χ3v) is 8.78. The maximum atomic E-state index is 13.1. The number of sulfonamides is 1. The largest absolute Gasteiger partial charge is 0.465 e. The fourth-order valence-corrected chi connectivity index (χ4v) is 6.92. The van der Waals surface area contributed by atoms with Crippen LogP contribution in [0.2, 0.25) is 4.34 Å². The van der Waals surface area contributed by atoms with Crippen LogP contribution in [-0.4, -0.2) is 49.6 Å². The van der Waals surface area contributed by atoms with Gasteiger partial charge in [0.15, 0.2) is 0 Å². The van der Waals surface area contributed by atoms with Gasteiger partial charge in [0.2, 0.25) is 15.9 Å². The Balaban J connectivity index is 1.51. The first-order chi connectivity index (χ1) is 17.0. The molecule has 2 amide bonds. The average Bonchev–Trinajstić information content (AvgIpc) is 3.33. The predicted molar refractivity (Wildman–Crippen MR) is 143 cm³/mol. The number of carbonyl (C=O) groups is 2. The molecule has 0 bridgehead atoms. The van der Waals surface area contributed by atoms with Crippen LogP contribution in [0.5, 0.6) is 0 Å². The highest BCUT2D eigenvalue weighted by atomic mass is 35.5. The summed E-state index contributed by atoms with van der Waals surface area (Å²) in [4.78, 5) is 28.9. The number of amides is 2. The standard InChI is InChI=1S/C25H30ClN3O5S2/c1-16(2)14-22-20-7-5-18(15-17(20)4-3-11-29(22)25(31)32)28-12-9-21(24(28)30)27-36(33,34)13-10-19-6-8-23(26)35-19/h5-8,10,13,15-16,21-22,27H,3-4,9,11-12,14H2,1-2H3,(H,31,32)/t21-,22?/m0/s1. The van der Waals surface area contributed by atoms with Crippen molar-refractivity contribution >= 4 is 56.7 Å². The van der Waals surface area contributed by atoms with Gasteiger partial charge in [-0.3, -0.25) is 4.79 Å². The zero-order valence-electron chi connectivity index (χ0n) is 20.2. The smallest absolute Gasteiger partial charge is 0.407 e. The first-order valence-electron chi connectivity index (χ1n) is 11.9. The Hall–Kier alpha value is -2.40. The van der Waals surface area contributed by atoms with Crippen LogP contribution in [0, 0.1) is 5.92 Å². The van der Waals surface area contributed by atoms with Crippen molar-refractivity contribution in [3.05, 3.63) is 56.1 Å². The van der Waals surface area contributed by atoms with Gasteiger partial charge in [-0.25, -0.2) is 13.2 Å². The van der Waals surface area contributed by atoms with E-state index in [1.54, 1.807) is 17.0 Å². The number of thiophene rings is 1. The number of nitrogens with zero attached hydrogens (tertiary/aromatic N) is 2. The monoisotopic (exact) mass is 551 g/mol. The van der Waals surface area contributed by atoms with E-state index < -0.39 is 22.2 Å². The molecule has 1 saturated heterocycles. The minimum absolute atomic E-state index is 0.229. The number of carbonyl (C=O) groups excluding carboxylic acids is 1. The Morgan fingerprint density at radius 3 is 2.72 bits per heavy atom. The fourth-order valence-electron chi connectivity index (χ4n) is 4.85. The number of benzene rings is 1. The molecule has 194 valence electrons. The molecule has 0 aliphatic carbocycles. The van der Waals surface area contributed by atoms with Crippen LogP contribution in [0.1, 0.15) is 55.2 Å². The lowest BCUT2D eigenvalue weighted by Crippen LogP contribution is -2.40. The van der Waals surface area contributed by atoms with Crippen LogP contribution in [0.15, 0.2) is 35.7 Å². The maximum absolute atomic E-state index is 13.1. The molecule has 2 aliphatic rings. The molecule has 8 nitrogen and oxygen atoms in total. The molecule has 1 aromatic carbocycles. The second-order valence-electron chi connectivity index (χ2n) is 9.55. The number of carboxylic acid groups (broad SMARTS) is 1. The van der Waals surface area contributed by atoms with Gasteiger partial charge in [0.1, 0.15) is 6.04 Å². The number of aryl methyl sites for hydroxylation is 1. The summed E-state index contributed by atoms with van der Waals surface area (Å²) in [5.74, 6) is 0.0212. The van der Waals surface area contributed by atoms with E-state index >= 15 is 0 Å². The first-order valence-corrected chi connectivity index (χ1v) is 14.7. The van der Waals surface area contributed by atoms with Crippen molar-refractivity contribution in [1.82, 2.24) is 9.62 Å². The van der Waals surface area contributed by atoms with Crippen LogP contribution in [0.3, 0.4) is 0 Å². The quantitative estimate of drug-likeness (QED) is 0.497. The van der Waals surface area contributed by atoms with Gasteiger partial charge < -0.3 is 14.9 Å². The number of nitrogens with one attached hydrogen (secondary N) is 1. The summed E-state index contributed by atoms with van der Waals surface area (Å²) in [7, 11) is -3.82. The Morgan fingerprint density at radius 2 is 2.06 bits per heavy atom. The van der Waals surface area contributed by atoms with Crippen LogP contribution in [0.25, 0.3) is 6.08 Å². The number of fused-ring (bicyclic) bond motifs is 1. The summed E-state index contributed by atoms with van der Waals surface area (Å²) in [5, 5.41) is 10.8. The molecule has 36 heavy (non-hydrogen) atoms. The van der Waals surface area contributed by atoms with Crippen LogP contribution < -0.4 is 9.62 Å². The van der Waals surface area contributed by atoms with Crippen molar-refractivity contribution in [2.24, 2.45) is 5.92 Å². The molecule has 2 N–H and O–H groups in total. The number of hydrogen-bond acceptors (Lipinski definition) is 5. The van der Waals surface area contributed by atoms with E-state index in [0.29, 0.717) is 46.7 Å². The van der Waals surface area contributed by atoms with Gasteiger partial charge in [0.25, 0.3) is 0 Å². The Labute approximate surface area is 220 Å². The molecule has 2 aliphatic heterocycles. The normalized spacial score (nSPS) is 20.8. The van der Waals surface area contributed by atoms with E-state index in [0.717, 1.165) is 29.4 Å². The molecule has 1 unspecified atom stereocenters. The summed E-state index contributed by atoms with van der Waals surface area (Å²) in [6, 6.07) is 8.07. The van der Waals surface area contributed by atoms with E-state index in [2.05, 4.69) is 18.6 Å². The highest BCUT2D eigenvalue weighted by molar-refractivity contribution is 7.92. The van der Waals surface area contributed by atoms with Crippen LogP contribution >= 0.6 is 22.9 Å². The van der Waals surface area contributed by atoms with E-state index in [1.165, 1.54) is 22.3 Å². The lowest BCUT2D eigenvalue weighted by Gasteiger charge is -2.30. The van der Waals surface area contributed by atoms with Gasteiger partial charge in [0.05, 0.1) is 10.4 Å². The number of rotatable bonds is 7. The van der Waals surface area contributed by atoms with Gasteiger partial charge in [-0.2, -0.15) is 4.72 Å². The molecule has 4 rings (SSSR count). The second kappa shape index (κ2) is 10.9. The number of halogens is 1. The molecule has 3 heterocycles. The van der Waals surface area contributed by atoms with E-state index in [9.17, 15) is 23.1 Å². The third-order valence-electron chi connectivity index (χ3n) is 6.48. The fraction of sp³-hybridized carbons (Fsp3) is 0.440. The van der Waals surface area contributed by atoms with E-state index in [-0.39, 0.29) is 11.9 Å². The van der Waals surface area contributed by atoms with Crippen molar-refractivity contribution < 1.29 is 23.1 Å². The first kappa shape index (κ1) is 26.7. The molecule has 1 aromatic heterocycles. The lowest BCUT2D eigenvalue weighted by molar-refractivity contribution is -0.118. The second-order valence-corrected chi connectivity index (χ2v) is 12.9. The summed E-state index contributed by atoms with van der Waals surface area (Å²) in [6.07, 6.45) is 3.04. The minimum atomic E-state index is -3.82. The molecule has 0 spiro atoms. The molecule has 11 heteroatoms. The molecule has 0 radical (unpaired) electrons. The molecular formula is C25H30ClN3O5S2. The van der Waals surface area contributed by atoms with Gasteiger partial charge >= 0.3 is 6.09 Å². The van der Waals surface area contributed by atoms with Gasteiger partial charge in [-0.05, 0) is 73.1 Å². The molecule has 2 aromatic rings. The highest BCUT2D eigenvalue weighted by Gasteiger charge is 2.36. The molecule has 2 atom stereocenters. The number of anilines is 1. The Morgan fingerprint density at radius 1 is 1.28 bits per heavy atom. The summed E-state index contributed by atoms with van der Waals surface area (Å²) in [6.45, 7) is 5.02. The number of hydrogen-bond donors (Lipinski definition) is 2. The Bertz CT molecular complexity index is 1270. The van der Waals surface area contributed by atoms with Gasteiger partial charge in [-0.15, -0.1) is 11.3 Å². The van der Waals surface area contributed by atoms with Crippen molar-refractivity contribution in [2.45, 2.75) is 51.6 Å². The van der Waals surface area contributed by atoms with Crippen LogP contribution in [-0.2, 0) is 21.2 Å². The zero-order chi connectivity index (χ0) is 26.0. The van der Waals surface area contributed by atoms with Crippen molar-refractivity contribution in [3.8, 4) is 0 Å². The van der Waals surface area contributed by atoms with E-state index in [4.69, 9.17) is 11.6 Å². The maximum Gasteiger partial charge on any atom is 0.407 e. The van der Waals surface area contributed by atoms with Gasteiger partial charge in [-0.1, -0.05) is 31.5 Å². The summed E-state index contributed by atoms with van der Waals surface area (Å²) >= 11 is 7.15. The van der Waals surface area contributed by atoms with Crippen LogP contribution in [0.4, 0.5) is 10.5 Å².